The van der Waals surface area contributed by atoms with Crippen LogP contribution in [0.15, 0.2) is 12.1 Å². The summed E-state index contributed by atoms with van der Waals surface area (Å²) < 4.78 is 16.5. The van der Waals surface area contributed by atoms with Crippen LogP contribution in [-0.2, 0) is 9.59 Å². The summed E-state index contributed by atoms with van der Waals surface area (Å²) in [6.45, 7) is 3.65. The second-order valence-corrected chi connectivity index (χ2v) is 10.8. The van der Waals surface area contributed by atoms with E-state index in [1.807, 2.05) is 6.92 Å². The Labute approximate surface area is 175 Å². The number of rotatable bonds is 2. The lowest BCUT2D eigenvalue weighted by Gasteiger charge is -2.57. The molecule has 1 unspecified atom stereocenters. The molecule has 2 bridgehead atoms. The summed E-state index contributed by atoms with van der Waals surface area (Å²) in [6.07, 6.45) is 0.251. The fraction of sp³-hybridized carbons (Fsp3) is 0.526. The highest BCUT2D eigenvalue weighted by Gasteiger charge is 2.74. The third-order valence-electron chi connectivity index (χ3n) is 6.35. The van der Waals surface area contributed by atoms with Gasteiger partial charge in [-0.3, -0.25) is 9.59 Å². The Morgan fingerprint density at radius 3 is 2.69 bits per heavy atom. The molecule has 5 aliphatic heterocycles. The molecule has 2 amide bonds. The maximum Gasteiger partial charge on any atom is 0.261 e. The minimum absolute atomic E-state index is 0.0791. The summed E-state index contributed by atoms with van der Waals surface area (Å²) in [5.41, 5.74) is -0.272. The maximum atomic E-state index is 13.6. The first kappa shape index (κ1) is 18.8. The van der Waals surface area contributed by atoms with Crippen LogP contribution >= 0.6 is 21.6 Å². The van der Waals surface area contributed by atoms with E-state index in [1.54, 1.807) is 31.0 Å². The highest BCUT2D eigenvalue weighted by Crippen LogP contribution is 2.69. The molecule has 6 rings (SSSR count). The minimum atomic E-state index is -1.10. The molecule has 4 fully saturated rings. The molecular formula is C19H19N3O5S2. The number of benzene rings is 1. The summed E-state index contributed by atoms with van der Waals surface area (Å²) >= 11 is 0. The van der Waals surface area contributed by atoms with Crippen molar-refractivity contribution >= 4 is 33.4 Å². The molecule has 1 aromatic rings. The van der Waals surface area contributed by atoms with Crippen molar-refractivity contribution in [2.45, 2.75) is 36.1 Å². The molecule has 1 aromatic carbocycles. The van der Waals surface area contributed by atoms with Crippen LogP contribution in [0.2, 0.25) is 0 Å². The number of carbonyl (C=O) groups is 2. The van der Waals surface area contributed by atoms with Gasteiger partial charge in [-0.15, -0.1) is 0 Å². The Balaban J connectivity index is 1.73. The second kappa shape index (κ2) is 5.67. The van der Waals surface area contributed by atoms with Crippen molar-refractivity contribution in [3.8, 4) is 23.3 Å². The molecule has 4 atom stereocenters. The van der Waals surface area contributed by atoms with Crippen LogP contribution in [0.5, 0.6) is 17.2 Å². The third-order valence-corrected chi connectivity index (χ3v) is 10.0. The van der Waals surface area contributed by atoms with Crippen molar-refractivity contribution in [2.75, 3.05) is 21.0 Å². The lowest BCUT2D eigenvalue weighted by Crippen LogP contribution is -2.73. The Morgan fingerprint density at radius 1 is 1.24 bits per heavy atom. The Morgan fingerprint density at radius 2 is 2.00 bits per heavy atom. The number of fused-ring (bicyclic) bond motifs is 3. The average molecular weight is 434 g/mol. The van der Waals surface area contributed by atoms with E-state index >= 15 is 0 Å². The van der Waals surface area contributed by atoms with Gasteiger partial charge in [-0.25, -0.2) is 0 Å². The van der Waals surface area contributed by atoms with Gasteiger partial charge in [-0.1, -0.05) is 21.6 Å². The summed E-state index contributed by atoms with van der Waals surface area (Å²) in [7, 11) is 5.97. The first-order chi connectivity index (χ1) is 13.7. The summed E-state index contributed by atoms with van der Waals surface area (Å²) in [4.78, 5) is 28.0. The first-order valence-corrected chi connectivity index (χ1v) is 11.2. The SMILES string of the molecule is COc1cc(C2N3C(=O)[C@]4(C)SS[C@@]3(C[C@]2(C)C#N)C(=O)N4C)cc2c1OCO2. The second-order valence-electron chi connectivity index (χ2n) is 8.04. The molecule has 0 radical (unpaired) electrons. The van der Waals surface area contributed by atoms with Crippen molar-refractivity contribution in [3.63, 3.8) is 0 Å². The number of amides is 2. The highest BCUT2D eigenvalue weighted by atomic mass is 33.1. The van der Waals surface area contributed by atoms with Gasteiger partial charge in [0.1, 0.15) is 0 Å². The minimum Gasteiger partial charge on any atom is -0.493 e. The number of nitrogens with zero attached hydrogens (tertiary/aromatic N) is 3. The molecule has 10 heteroatoms. The molecule has 152 valence electrons. The van der Waals surface area contributed by atoms with Gasteiger partial charge in [-0.2, -0.15) is 5.26 Å². The van der Waals surface area contributed by atoms with Gasteiger partial charge in [0.25, 0.3) is 11.8 Å². The molecule has 0 aliphatic carbocycles. The van der Waals surface area contributed by atoms with E-state index in [0.717, 1.165) is 0 Å². The number of hydrogen-bond acceptors (Lipinski definition) is 8. The maximum absolute atomic E-state index is 13.6. The zero-order valence-electron chi connectivity index (χ0n) is 16.3. The van der Waals surface area contributed by atoms with Crippen LogP contribution in [0, 0.1) is 16.7 Å². The van der Waals surface area contributed by atoms with Gasteiger partial charge in [0.05, 0.1) is 24.6 Å². The highest BCUT2D eigenvalue weighted by molar-refractivity contribution is 8.78. The van der Waals surface area contributed by atoms with Crippen molar-refractivity contribution in [1.29, 1.82) is 5.26 Å². The summed E-state index contributed by atoms with van der Waals surface area (Å²) in [5, 5.41) is 10.1. The van der Waals surface area contributed by atoms with Gasteiger partial charge < -0.3 is 24.0 Å². The van der Waals surface area contributed by atoms with E-state index in [9.17, 15) is 14.9 Å². The average Bonchev–Trinajstić information content (AvgIpc) is 3.29. The molecule has 8 nitrogen and oxygen atoms in total. The van der Waals surface area contributed by atoms with E-state index < -0.39 is 21.2 Å². The molecule has 0 N–H and O–H groups in total. The van der Waals surface area contributed by atoms with Crippen LogP contribution in [0.25, 0.3) is 0 Å². The largest absolute Gasteiger partial charge is 0.493 e. The Bertz CT molecular complexity index is 1010. The van der Waals surface area contributed by atoms with Crippen LogP contribution in [-0.4, -0.2) is 52.3 Å². The van der Waals surface area contributed by atoms with E-state index in [-0.39, 0.29) is 25.0 Å². The number of carbonyl (C=O) groups excluding carboxylic acids is 2. The zero-order valence-corrected chi connectivity index (χ0v) is 18.0. The topological polar surface area (TPSA) is 92.1 Å². The van der Waals surface area contributed by atoms with E-state index in [2.05, 4.69) is 6.07 Å². The molecule has 5 heterocycles. The Kier molecular flexibility index (Phi) is 3.67. The lowest BCUT2D eigenvalue weighted by molar-refractivity contribution is -0.164. The van der Waals surface area contributed by atoms with Crippen molar-refractivity contribution in [2.24, 2.45) is 5.41 Å². The zero-order chi connectivity index (χ0) is 20.8. The predicted octanol–water partition coefficient (Wildman–Crippen LogP) is 2.51. The number of ether oxygens (including phenoxy) is 3. The van der Waals surface area contributed by atoms with E-state index in [4.69, 9.17) is 14.2 Å². The smallest absolute Gasteiger partial charge is 0.261 e. The third kappa shape index (κ3) is 2.07. The van der Waals surface area contributed by atoms with Gasteiger partial charge >= 0.3 is 0 Å². The van der Waals surface area contributed by atoms with Crippen LogP contribution in [0.1, 0.15) is 31.9 Å². The van der Waals surface area contributed by atoms with Crippen molar-refractivity contribution in [1.82, 2.24) is 9.80 Å². The number of methoxy groups -OCH3 is 1. The first-order valence-electron chi connectivity index (χ1n) is 9.09. The van der Waals surface area contributed by atoms with E-state index in [1.165, 1.54) is 33.6 Å². The lowest BCUT2D eigenvalue weighted by atomic mass is 9.79. The standard InChI is InChI=1S/C19H19N3O5S2/c1-17(8-20)7-19-16(24)21(3)18(2,28-29-19)15(23)22(19)14(17)10-5-11(25-4)13-12(6-10)26-9-27-13/h5-6,14H,7,9H2,1-4H3/t14?,17-,18+,19+/m1/s1. The van der Waals surface area contributed by atoms with Crippen molar-refractivity contribution < 1.29 is 23.8 Å². The fourth-order valence-electron chi connectivity index (χ4n) is 4.73. The van der Waals surface area contributed by atoms with Gasteiger partial charge in [0.15, 0.2) is 21.2 Å². The number of likely N-dealkylation sites (N-methyl/N-ethyl adjacent to an activating group) is 1. The van der Waals surface area contributed by atoms with Crippen LogP contribution in [0.3, 0.4) is 0 Å². The van der Waals surface area contributed by atoms with Gasteiger partial charge in [0.2, 0.25) is 12.5 Å². The molecule has 5 aliphatic rings. The van der Waals surface area contributed by atoms with Crippen LogP contribution in [0.4, 0.5) is 0 Å². The monoisotopic (exact) mass is 433 g/mol. The van der Waals surface area contributed by atoms with E-state index in [0.29, 0.717) is 22.8 Å². The summed E-state index contributed by atoms with van der Waals surface area (Å²) in [6, 6.07) is 5.34. The fourth-order valence-corrected chi connectivity index (χ4v) is 8.31. The van der Waals surface area contributed by atoms with Gasteiger partial charge in [-0.05, 0) is 31.5 Å². The quantitative estimate of drug-likeness (QED) is 0.657. The predicted molar refractivity (Wildman–Crippen MR) is 106 cm³/mol. The van der Waals surface area contributed by atoms with Crippen LogP contribution < -0.4 is 14.2 Å². The summed E-state index contributed by atoms with van der Waals surface area (Å²) in [5.74, 6) is 1.18. The molecule has 4 saturated heterocycles. The number of nitriles is 1. The molecule has 1 spiro atoms. The Hall–Kier alpha value is -2.25. The molecule has 0 saturated carbocycles. The molecule has 0 aromatic heterocycles. The molecular weight excluding hydrogens is 414 g/mol. The normalized spacial score (nSPS) is 37.0. The van der Waals surface area contributed by atoms with Crippen molar-refractivity contribution in [3.05, 3.63) is 17.7 Å². The number of hydrogen-bond donors (Lipinski definition) is 0. The number of piperazine rings is 1. The molecule has 29 heavy (non-hydrogen) atoms. The van der Waals surface area contributed by atoms with Gasteiger partial charge in [0, 0.05) is 13.5 Å².